The predicted molar refractivity (Wildman–Crippen MR) is 160 cm³/mol. The van der Waals surface area contributed by atoms with Crippen LogP contribution in [0.4, 0.5) is 0 Å². The molecule has 0 heterocycles. The third-order valence-corrected chi connectivity index (χ3v) is 6.49. The van der Waals surface area contributed by atoms with Crippen molar-refractivity contribution >= 4 is 53.3 Å². The van der Waals surface area contributed by atoms with Crippen molar-refractivity contribution in [1.82, 2.24) is 26.6 Å². The molecule has 16 N–H and O–H groups in total. The second kappa shape index (κ2) is 21.8. The van der Waals surface area contributed by atoms with Crippen molar-refractivity contribution in [2.24, 2.45) is 22.9 Å². The van der Waals surface area contributed by atoms with E-state index in [1.54, 1.807) is 0 Å². The fourth-order valence-electron chi connectivity index (χ4n) is 3.83. The first kappa shape index (κ1) is 42.1. The number of aliphatic carboxylic acids is 2. The van der Waals surface area contributed by atoms with Crippen LogP contribution in [0, 0.1) is 0 Å². The van der Waals surface area contributed by atoms with Crippen LogP contribution >= 0.6 is 0 Å². The van der Waals surface area contributed by atoms with Gasteiger partial charge in [-0.25, -0.2) is 4.79 Å². The van der Waals surface area contributed by atoms with E-state index in [0.29, 0.717) is 19.4 Å². The van der Waals surface area contributed by atoms with Gasteiger partial charge >= 0.3 is 11.9 Å². The van der Waals surface area contributed by atoms with Gasteiger partial charge in [0.25, 0.3) is 0 Å². The van der Waals surface area contributed by atoms with Gasteiger partial charge in [-0.3, -0.25) is 38.4 Å². The zero-order chi connectivity index (χ0) is 36.3. The summed E-state index contributed by atoms with van der Waals surface area (Å²) in [5, 5.41) is 38.1. The molecule has 266 valence electrons. The van der Waals surface area contributed by atoms with E-state index in [4.69, 9.17) is 38.3 Å². The van der Waals surface area contributed by atoms with Crippen LogP contribution in [-0.4, -0.2) is 118 Å². The molecule has 0 unspecified atom stereocenters. The summed E-state index contributed by atoms with van der Waals surface area (Å²) in [6, 6.07) is -9.02. The van der Waals surface area contributed by atoms with Crippen LogP contribution in [0.2, 0.25) is 0 Å². The van der Waals surface area contributed by atoms with Gasteiger partial charge in [-0.2, -0.15) is 0 Å². The Morgan fingerprint density at radius 1 is 0.617 bits per heavy atom. The third kappa shape index (κ3) is 17.4. The molecule has 0 saturated carbocycles. The Bertz CT molecular complexity index is 1150. The molecule has 7 amide bonds. The van der Waals surface area contributed by atoms with Crippen molar-refractivity contribution in [2.75, 3.05) is 13.2 Å². The summed E-state index contributed by atoms with van der Waals surface area (Å²) in [5.74, 6) is -9.93. The monoisotopic (exact) mass is 675 g/mol. The van der Waals surface area contributed by atoms with Crippen molar-refractivity contribution in [3.05, 3.63) is 0 Å². The first-order valence-corrected chi connectivity index (χ1v) is 14.5. The maximum Gasteiger partial charge on any atom is 0.328 e. The van der Waals surface area contributed by atoms with Gasteiger partial charge in [0.2, 0.25) is 41.4 Å². The number of hydrogen-bond acceptors (Lipinski definition) is 12. The van der Waals surface area contributed by atoms with Crippen molar-refractivity contribution in [2.45, 2.75) is 94.5 Å². The maximum atomic E-state index is 13.0. The molecule has 0 spiro atoms. The summed E-state index contributed by atoms with van der Waals surface area (Å²) in [5.41, 5.74) is 21.6. The number of carbonyl (C=O) groups is 9. The highest BCUT2D eigenvalue weighted by Gasteiger charge is 2.32. The number of carbonyl (C=O) groups excluding carboxylic acids is 7. The van der Waals surface area contributed by atoms with Gasteiger partial charge in [0, 0.05) is 12.8 Å². The van der Waals surface area contributed by atoms with Crippen molar-refractivity contribution in [3.63, 3.8) is 0 Å². The van der Waals surface area contributed by atoms with Crippen molar-refractivity contribution < 1.29 is 58.5 Å². The Balaban J connectivity index is 5.75. The minimum atomic E-state index is -1.79. The number of hydrogen-bond donors (Lipinski definition) is 12. The number of nitrogens with two attached hydrogens (primary N) is 4. The Hall–Kier alpha value is -4.89. The zero-order valence-corrected chi connectivity index (χ0v) is 25.9. The number of primary amides is 2. The lowest BCUT2D eigenvalue weighted by Crippen LogP contribution is -2.59. The van der Waals surface area contributed by atoms with Crippen LogP contribution < -0.4 is 49.5 Å². The van der Waals surface area contributed by atoms with E-state index < -0.39 is 115 Å². The van der Waals surface area contributed by atoms with Gasteiger partial charge in [-0.1, -0.05) is 6.42 Å². The van der Waals surface area contributed by atoms with Crippen LogP contribution in [0.25, 0.3) is 0 Å². The average molecular weight is 676 g/mol. The number of carboxylic acids is 2. The Morgan fingerprint density at radius 2 is 1.11 bits per heavy atom. The summed E-state index contributed by atoms with van der Waals surface area (Å²) in [7, 11) is 0. The van der Waals surface area contributed by atoms with Crippen molar-refractivity contribution in [1.29, 1.82) is 0 Å². The number of rotatable bonds is 24. The molecule has 0 aliphatic rings. The Kier molecular flexibility index (Phi) is 19.5. The fourth-order valence-corrected chi connectivity index (χ4v) is 3.83. The average Bonchev–Trinajstić information content (AvgIpc) is 2.98. The standard InChI is InChI=1S/C26H45N9O12/c1-12(31-23(43)14(5-7-18(29)37)32-22(42)13(28)4-2-3-9-27)21(41)34-16(10-19(30)38)25(45)33-15(6-8-20(39)40)24(44)35-17(11-36)26(46)47/h12-17,36H,2-11,27-28H2,1H3,(H2,29,37)(H2,30,38)(H,31,43)(H,32,42)(H,33,45)(H,34,41)(H,35,44)(H,39,40)(H,46,47)/t12-,13-,14-,15-,16-,17-/m0/s1. The summed E-state index contributed by atoms with van der Waals surface area (Å²) >= 11 is 0. The molecule has 47 heavy (non-hydrogen) atoms. The minimum absolute atomic E-state index is 0.248. The normalized spacial score (nSPS) is 14.6. The molecule has 0 saturated heterocycles. The SMILES string of the molecule is C[C@H](NC(=O)[C@H](CCC(N)=O)NC(=O)[C@@H](N)CCCCN)C(=O)N[C@@H](CC(N)=O)C(=O)N[C@@H](CCC(=O)O)C(=O)N[C@@H](CO)C(=O)O. The van der Waals surface area contributed by atoms with Crippen LogP contribution in [0.1, 0.15) is 58.3 Å². The fraction of sp³-hybridized carbons (Fsp3) is 0.654. The molecule has 0 aliphatic heterocycles. The number of amides is 7. The van der Waals surface area contributed by atoms with Crippen molar-refractivity contribution in [3.8, 4) is 0 Å². The highest BCUT2D eigenvalue weighted by molar-refractivity contribution is 5.97. The molecule has 0 aliphatic carbocycles. The van der Waals surface area contributed by atoms with E-state index >= 15 is 0 Å². The van der Waals surface area contributed by atoms with Crippen LogP contribution in [0.5, 0.6) is 0 Å². The Morgan fingerprint density at radius 3 is 1.60 bits per heavy atom. The van der Waals surface area contributed by atoms with Crippen LogP contribution in [0.15, 0.2) is 0 Å². The first-order chi connectivity index (χ1) is 21.9. The van der Waals surface area contributed by atoms with E-state index in [9.17, 15) is 43.2 Å². The molecule has 0 aromatic carbocycles. The predicted octanol–water partition coefficient (Wildman–Crippen LogP) is -6.03. The van der Waals surface area contributed by atoms with Gasteiger partial charge < -0.3 is 64.8 Å². The number of carboxylic acid groups (broad SMARTS) is 2. The zero-order valence-electron chi connectivity index (χ0n) is 25.9. The second-order valence-corrected chi connectivity index (χ2v) is 10.5. The molecule has 6 atom stereocenters. The van der Waals surface area contributed by atoms with Gasteiger partial charge in [0.15, 0.2) is 0 Å². The van der Waals surface area contributed by atoms with Gasteiger partial charge in [-0.15, -0.1) is 0 Å². The third-order valence-electron chi connectivity index (χ3n) is 6.49. The summed E-state index contributed by atoms with van der Waals surface area (Å²) in [6.45, 7) is 0.541. The van der Waals surface area contributed by atoms with Crippen LogP contribution in [-0.2, 0) is 43.2 Å². The quantitative estimate of drug-likeness (QED) is 0.0424. The topological polar surface area (TPSA) is 379 Å². The first-order valence-electron chi connectivity index (χ1n) is 14.5. The highest BCUT2D eigenvalue weighted by atomic mass is 16.4. The Labute approximate surface area is 269 Å². The lowest BCUT2D eigenvalue weighted by Gasteiger charge is -2.25. The van der Waals surface area contributed by atoms with Gasteiger partial charge in [0.1, 0.15) is 30.2 Å². The highest BCUT2D eigenvalue weighted by Crippen LogP contribution is 2.05. The number of aliphatic hydroxyl groups excluding tert-OH is 1. The molecular formula is C26H45N9O12. The molecule has 0 bridgehead atoms. The lowest BCUT2D eigenvalue weighted by molar-refractivity contribution is -0.144. The van der Waals surface area contributed by atoms with Gasteiger partial charge in [-0.05, 0) is 39.2 Å². The molecule has 21 heteroatoms. The summed E-state index contributed by atoms with van der Waals surface area (Å²) in [6.07, 6.45) is -1.20. The van der Waals surface area contributed by atoms with E-state index in [1.165, 1.54) is 6.92 Å². The van der Waals surface area contributed by atoms with Crippen LogP contribution in [0.3, 0.4) is 0 Å². The number of unbranched alkanes of at least 4 members (excludes halogenated alkanes) is 1. The number of aliphatic hydroxyl groups is 1. The molecule has 0 fully saturated rings. The van der Waals surface area contributed by atoms with E-state index in [-0.39, 0.29) is 19.3 Å². The smallest absolute Gasteiger partial charge is 0.328 e. The summed E-state index contributed by atoms with van der Waals surface area (Å²) in [4.78, 5) is 109. The lowest BCUT2D eigenvalue weighted by atomic mass is 10.1. The minimum Gasteiger partial charge on any atom is -0.481 e. The molecular weight excluding hydrogens is 630 g/mol. The molecule has 0 radical (unpaired) electrons. The second-order valence-electron chi connectivity index (χ2n) is 10.5. The van der Waals surface area contributed by atoms with E-state index in [1.807, 2.05) is 5.32 Å². The van der Waals surface area contributed by atoms with E-state index in [0.717, 1.165) is 0 Å². The maximum absolute atomic E-state index is 13.0. The molecule has 0 rings (SSSR count). The largest absolute Gasteiger partial charge is 0.481 e. The van der Waals surface area contributed by atoms with E-state index in [2.05, 4.69) is 21.3 Å². The number of nitrogens with one attached hydrogen (secondary N) is 5. The van der Waals surface area contributed by atoms with Gasteiger partial charge in [0.05, 0.1) is 19.1 Å². The molecule has 0 aromatic rings. The molecule has 21 nitrogen and oxygen atoms in total. The molecule has 0 aromatic heterocycles. The summed E-state index contributed by atoms with van der Waals surface area (Å²) < 4.78 is 0.